The predicted octanol–water partition coefficient (Wildman–Crippen LogP) is 1.60. The Balaban J connectivity index is 3.08. The molecule has 1 heterocycles. The molecule has 4 nitrogen and oxygen atoms in total. The minimum absolute atomic E-state index is 0.228. The van der Waals surface area contributed by atoms with E-state index >= 15 is 0 Å². The quantitative estimate of drug-likeness (QED) is 0.587. The maximum Gasteiger partial charge on any atom is 0.410 e. The van der Waals surface area contributed by atoms with Gasteiger partial charge in [-0.25, -0.2) is 0 Å². The standard InChI is InChI=1S/C8H11F3N4/c1-4-6(7(12)13)3-15(14-4)5(2)8(9,10)11/h3,5H,1-2H3,(H3,12,13). The third kappa shape index (κ3) is 2.28. The van der Waals surface area contributed by atoms with E-state index in [1.807, 2.05) is 0 Å². The van der Waals surface area contributed by atoms with Crippen LogP contribution < -0.4 is 5.73 Å². The van der Waals surface area contributed by atoms with Gasteiger partial charge in [0.15, 0.2) is 0 Å². The highest BCUT2D eigenvalue weighted by molar-refractivity contribution is 5.95. The lowest BCUT2D eigenvalue weighted by atomic mass is 10.2. The zero-order chi connectivity index (χ0) is 11.8. The molecule has 0 spiro atoms. The molecule has 1 unspecified atom stereocenters. The average Bonchev–Trinajstić information content (AvgIpc) is 2.44. The molecular weight excluding hydrogens is 209 g/mol. The number of rotatable bonds is 2. The summed E-state index contributed by atoms with van der Waals surface area (Å²) in [5.41, 5.74) is 5.73. The van der Waals surface area contributed by atoms with Crippen LogP contribution in [0.2, 0.25) is 0 Å². The molecule has 3 N–H and O–H groups in total. The molecule has 1 aromatic rings. The van der Waals surface area contributed by atoms with E-state index in [1.54, 1.807) is 0 Å². The van der Waals surface area contributed by atoms with Crippen molar-refractivity contribution in [3.05, 3.63) is 17.5 Å². The normalized spacial score (nSPS) is 13.9. The van der Waals surface area contributed by atoms with Gasteiger partial charge in [-0.1, -0.05) is 0 Å². The van der Waals surface area contributed by atoms with Crippen molar-refractivity contribution in [3.63, 3.8) is 0 Å². The molecule has 0 saturated carbocycles. The molecular formula is C8H11F3N4. The fraction of sp³-hybridized carbons (Fsp3) is 0.500. The van der Waals surface area contributed by atoms with E-state index in [1.165, 1.54) is 6.92 Å². The molecule has 0 saturated heterocycles. The number of hydrogen-bond acceptors (Lipinski definition) is 2. The number of alkyl halides is 3. The SMILES string of the molecule is Cc1nn(C(C)C(F)(F)F)cc1C(=N)N. The summed E-state index contributed by atoms with van der Waals surface area (Å²) in [6.45, 7) is 2.51. The third-order valence-electron chi connectivity index (χ3n) is 2.08. The molecule has 0 aliphatic rings. The van der Waals surface area contributed by atoms with E-state index in [-0.39, 0.29) is 11.4 Å². The van der Waals surface area contributed by atoms with Crippen molar-refractivity contribution in [2.24, 2.45) is 5.73 Å². The Morgan fingerprint density at radius 1 is 1.60 bits per heavy atom. The molecule has 7 heteroatoms. The van der Waals surface area contributed by atoms with Gasteiger partial charge in [0.1, 0.15) is 11.9 Å². The summed E-state index contributed by atoms with van der Waals surface area (Å²) in [6.07, 6.45) is -3.22. The van der Waals surface area contributed by atoms with Gasteiger partial charge in [0, 0.05) is 6.20 Å². The van der Waals surface area contributed by atoms with E-state index in [2.05, 4.69) is 5.10 Å². The van der Waals surface area contributed by atoms with Crippen molar-refractivity contribution in [3.8, 4) is 0 Å². The second-order valence-electron chi connectivity index (χ2n) is 3.24. The van der Waals surface area contributed by atoms with Crippen LogP contribution in [0, 0.1) is 12.3 Å². The van der Waals surface area contributed by atoms with Crippen molar-refractivity contribution in [2.75, 3.05) is 0 Å². The number of nitrogens with one attached hydrogen (secondary N) is 1. The second kappa shape index (κ2) is 3.56. The lowest BCUT2D eigenvalue weighted by Crippen LogP contribution is -2.24. The second-order valence-corrected chi connectivity index (χ2v) is 3.24. The molecule has 84 valence electrons. The molecule has 1 aromatic heterocycles. The highest BCUT2D eigenvalue weighted by atomic mass is 19.4. The van der Waals surface area contributed by atoms with Crippen LogP contribution in [0.25, 0.3) is 0 Å². The number of nitrogen functional groups attached to an aromatic ring is 1. The summed E-state index contributed by atoms with van der Waals surface area (Å²) in [5, 5.41) is 10.8. The van der Waals surface area contributed by atoms with Gasteiger partial charge in [0.05, 0.1) is 11.3 Å². The van der Waals surface area contributed by atoms with Gasteiger partial charge in [-0.15, -0.1) is 0 Å². The summed E-state index contributed by atoms with van der Waals surface area (Å²) in [5.74, 6) is -0.284. The number of nitrogens with two attached hydrogens (primary N) is 1. The smallest absolute Gasteiger partial charge is 0.384 e. The monoisotopic (exact) mass is 220 g/mol. The van der Waals surface area contributed by atoms with Crippen LogP contribution in [0.4, 0.5) is 13.2 Å². The number of amidine groups is 1. The molecule has 0 amide bonds. The highest BCUT2D eigenvalue weighted by Crippen LogP contribution is 2.29. The Morgan fingerprint density at radius 2 is 2.13 bits per heavy atom. The summed E-state index contributed by atoms with van der Waals surface area (Å²) in [6, 6.07) is -1.72. The van der Waals surface area contributed by atoms with Gasteiger partial charge in [0.2, 0.25) is 0 Å². The summed E-state index contributed by atoms with van der Waals surface area (Å²) < 4.78 is 37.8. The molecule has 0 aromatic carbocycles. The first kappa shape index (κ1) is 11.5. The number of hydrogen-bond donors (Lipinski definition) is 2. The van der Waals surface area contributed by atoms with E-state index in [0.29, 0.717) is 5.69 Å². The van der Waals surface area contributed by atoms with Gasteiger partial charge in [-0.2, -0.15) is 18.3 Å². The summed E-state index contributed by atoms with van der Waals surface area (Å²) >= 11 is 0. The lowest BCUT2D eigenvalue weighted by molar-refractivity contribution is -0.165. The number of aryl methyl sites for hydroxylation is 1. The van der Waals surface area contributed by atoms with Crippen LogP contribution in [-0.2, 0) is 0 Å². The van der Waals surface area contributed by atoms with Crippen molar-refractivity contribution >= 4 is 5.84 Å². The van der Waals surface area contributed by atoms with Crippen LogP contribution in [-0.4, -0.2) is 21.8 Å². The first-order valence-corrected chi connectivity index (χ1v) is 4.20. The topological polar surface area (TPSA) is 67.7 Å². The Kier molecular flexibility index (Phi) is 2.74. The van der Waals surface area contributed by atoms with Crippen LogP contribution in [0.15, 0.2) is 6.20 Å². The average molecular weight is 220 g/mol. The Morgan fingerprint density at radius 3 is 2.47 bits per heavy atom. The van der Waals surface area contributed by atoms with Crippen molar-refractivity contribution in [1.82, 2.24) is 9.78 Å². The van der Waals surface area contributed by atoms with Gasteiger partial charge in [-0.05, 0) is 13.8 Å². The van der Waals surface area contributed by atoms with Gasteiger partial charge in [0.25, 0.3) is 0 Å². The van der Waals surface area contributed by atoms with Gasteiger partial charge >= 0.3 is 6.18 Å². The maximum absolute atomic E-state index is 12.3. The number of halogens is 3. The zero-order valence-electron chi connectivity index (χ0n) is 8.26. The van der Waals surface area contributed by atoms with Crippen LogP contribution in [0.5, 0.6) is 0 Å². The third-order valence-corrected chi connectivity index (χ3v) is 2.08. The fourth-order valence-corrected chi connectivity index (χ4v) is 1.09. The Hall–Kier alpha value is -1.53. The minimum atomic E-state index is -4.35. The van der Waals surface area contributed by atoms with E-state index < -0.39 is 12.2 Å². The zero-order valence-corrected chi connectivity index (χ0v) is 8.26. The van der Waals surface area contributed by atoms with E-state index in [4.69, 9.17) is 11.1 Å². The molecule has 0 aliphatic heterocycles. The van der Waals surface area contributed by atoms with Crippen molar-refractivity contribution in [2.45, 2.75) is 26.1 Å². The highest BCUT2D eigenvalue weighted by Gasteiger charge is 2.38. The van der Waals surface area contributed by atoms with Crippen LogP contribution >= 0.6 is 0 Å². The predicted molar refractivity (Wildman–Crippen MR) is 48.7 cm³/mol. The Bertz CT molecular complexity index is 380. The van der Waals surface area contributed by atoms with Gasteiger partial charge < -0.3 is 5.73 Å². The molecule has 1 atom stereocenters. The van der Waals surface area contributed by atoms with E-state index in [9.17, 15) is 13.2 Å². The molecule has 0 radical (unpaired) electrons. The number of nitrogens with zero attached hydrogens (tertiary/aromatic N) is 2. The van der Waals surface area contributed by atoms with Crippen molar-refractivity contribution < 1.29 is 13.2 Å². The molecule has 0 bridgehead atoms. The Labute approximate surface area is 84.4 Å². The summed E-state index contributed by atoms with van der Waals surface area (Å²) in [7, 11) is 0. The van der Waals surface area contributed by atoms with Gasteiger partial charge in [-0.3, -0.25) is 10.1 Å². The fourth-order valence-electron chi connectivity index (χ4n) is 1.09. The van der Waals surface area contributed by atoms with E-state index in [0.717, 1.165) is 17.8 Å². The molecule has 1 rings (SSSR count). The summed E-state index contributed by atoms with van der Waals surface area (Å²) in [4.78, 5) is 0. The minimum Gasteiger partial charge on any atom is -0.384 e. The first-order chi connectivity index (χ1) is 6.73. The van der Waals surface area contributed by atoms with Crippen LogP contribution in [0.1, 0.15) is 24.2 Å². The lowest BCUT2D eigenvalue weighted by Gasteiger charge is -2.15. The molecule has 0 aliphatic carbocycles. The maximum atomic E-state index is 12.3. The first-order valence-electron chi connectivity index (χ1n) is 4.20. The largest absolute Gasteiger partial charge is 0.410 e. The molecule has 0 fully saturated rings. The number of aromatic nitrogens is 2. The van der Waals surface area contributed by atoms with Crippen LogP contribution in [0.3, 0.4) is 0 Å². The molecule has 15 heavy (non-hydrogen) atoms. The van der Waals surface area contributed by atoms with Crippen molar-refractivity contribution in [1.29, 1.82) is 5.41 Å².